The first-order chi connectivity index (χ1) is 8.98. The molecule has 1 saturated carbocycles. The Morgan fingerprint density at radius 3 is 2.53 bits per heavy atom. The molecule has 2 N–H and O–H groups in total. The van der Waals surface area contributed by atoms with E-state index in [1.807, 2.05) is 11.9 Å². The minimum atomic E-state index is -0.270. The molecule has 0 aliphatic heterocycles. The van der Waals surface area contributed by atoms with E-state index in [2.05, 4.69) is 32.0 Å². The second-order valence-electron chi connectivity index (χ2n) is 5.93. The number of nitrogens with two attached hydrogens (primary N) is 1. The second kappa shape index (κ2) is 5.33. The van der Waals surface area contributed by atoms with Crippen molar-refractivity contribution in [2.75, 3.05) is 13.6 Å². The SMILES string of the molecule is Cc1ccc(CN(C)C(=O)C2(CN)CCC2)c(C)c1. The summed E-state index contributed by atoms with van der Waals surface area (Å²) in [4.78, 5) is 14.3. The van der Waals surface area contributed by atoms with Crippen molar-refractivity contribution in [3.63, 3.8) is 0 Å². The predicted octanol–water partition coefficient (Wildman–Crippen LogP) is 2.39. The fourth-order valence-corrected chi connectivity index (χ4v) is 2.86. The normalized spacial score (nSPS) is 16.8. The van der Waals surface area contributed by atoms with Crippen LogP contribution in [0.5, 0.6) is 0 Å². The number of hydrogen-bond donors (Lipinski definition) is 1. The van der Waals surface area contributed by atoms with Crippen molar-refractivity contribution in [2.24, 2.45) is 11.1 Å². The third kappa shape index (κ3) is 2.66. The molecule has 1 aliphatic carbocycles. The van der Waals surface area contributed by atoms with Gasteiger partial charge in [0.05, 0.1) is 5.41 Å². The van der Waals surface area contributed by atoms with Crippen molar-refractivity contribution in [1.82, 2.24) is 4.90 Å². The molecule has 3 nitrogen and oxygen atoms in total. The summed E-state index contributed by atoms with van der Waals surface area (Å²) in [6.45, 7) is 5.34. The molecule has 0 radical (unpaired) electrons. The van der Waals surface area contributed by atoms with Gasteiger partial charge in [-0.3, -0.25) is 4.79 Å². The van der Waals surface area contributed by atoms with E-state index >= 15 is 0 Å². The van der Waals surface area contributed by atoms with Crippen LogP contribution in [0.2, 0.25) is 0 Å². The van der Waals surface area contributed by atoms with Crippen molar-refractivity contribution in [1.29, 1.82) is 0 Å². The molecule has 19 heavy (non-hydrogen) atoms. The average Bonchev–Trinajstić information content (AvgIpc) is 2.32. The van der Waals surface area contributed by atoms with Gasteiger partial charge in [-0.25, -0.2) is 0 Å². The molecule has 104 valence electrons. The van der Waals surface area contributed by atoms with Crippen molar-refractivity contribution < 1.29 is 4.79 Å². The molecule has 0 saturated heterocycles. The van der Waals surface area contributed by atoms with Crippen LogP contribution < -0.4 is 5.73 Å². The topological polar surface area (TPSA) is 46.3 Å². The van der Waals surface area contributed by atoms with E-state index in [-0.39, 0.29) is 11.3 Å². The maximum Gasteiger partial charge on any atom is 0.230 e. The van der Waals surface area contributed by atoms with E-state index in [1.165, 1.54) is 16.7 Å². The molecule has 1 amide bonds. The van der Waals surface area contributed by atoms with E-state index in [9.17, 15) is 4.79 Å². The fraction of sp³-hybridized carbons (Fsp3) is 0.562. The van der Waals surface area contributed by atoms with Crippen LogP contribution in [0, 0.1) is 19.3 Å². The number of carbonyl (C=O) groups excluding carboxylic acids is 1. The van der Waals surface area contributed by atoms with Crippen LogP contribution in [0.15, 0.2) is 18.2 Å². The van der Waals surface area contributed by atoms with Crippen LogP contribution in [0.1, 0.15) is 36.0 Å². The van der Waals surface area contributed by atoms with E-state index in [0.717, 1.165) is 19.3 Å². The Morgan fingerprint density at radius 1 is 1.37 bits per heavy atom. The summed E-state index contributed by atoms with van der Waals surface area (Å²) in [5.41, 5.74) is 9.25. The van der Waals surface area contributed by atoms with E-state index < -0.39 is 0 Å². The standard InChI is InChI=1S/C16H24N2O/c1-12-5-6-14(13(2)9-12)10-18(3)15(19)16(11-17)7-4-8-16/h5-6,9H,4,7-8,10-11,17H2,1-3H3. The summed E-state index contributed by atoms with van der Waals surface area (Å²) in [6, 6.07) is 6.38. The van der Waals surface area contributed by atoms with Crippen LogP contribution in [0.3, 0.4) is 0 Å². The quantitative estimate of drug-likeness (QED) is 0.903. The minimum Gasteiger partial charge on any atom is -0.341 e. The van der Waals surface area contributed by atoms with Crippen molar-refractivity contribution in [2.45, 2.75) is 39.7 Å². The first-order valence-corrected chi connectivity index (χ1v) is 7.00. The lowest BCUT2D eigenvalue weighted by molar-refractivity contribution is -0.145. The van der Waals surface area contributed by atoms with Gasteiger partial charge in [0.2, 0.25) is 5.91 Å². The van der Waals surface area contributed by atoms with Crippen LogP contribution in [0.25, 0.3) is 0 Å². The van der Waals surface area contributed by atoms with Gasteiger partial charge in [-0.1, -0.05) is 30.2 Å². The third-order valence-corrected chi connectivity index (χ3v) is 4.41. The van der Waals surface area contributed by atoms with Gasteiger partial charge in [0.25, 0.3) is 0 Å². The molecule has 0 atom stereocenters. The number of aryl methyl sites for hydroxylation is 2. The summed E-state index contributed by atoms with van der Waals surface area (Å²) >= 11 is 0. The highest BCUT2D eigenvalue weighted by atomic mass is 16.2. The number of amides is 1. The Balaban J connectivity index is 2.08. The minimum absolute atomic E-state index is 0.209. The van der Waals surface area contributed by atoms with Crippen LogP contribution >= 0.6 is 0 Å². The maximum absolute atomic E-state index is 12.5. The van der Waals surface area contributed by atoms with E-state index in [0.29, 0.717) is 13.1 Å². The first kappa shape index (κ1) is 14.1. The van der Waals surface area contributed by atoms with E-state index in [1.54, 1.807) is 0 Å². The summed E-state index contributed by atoms with van der Waals surface area (Å²) in [5, 5.41) is 0. The van der Waals surface area contributed by atoms with Gasteiger partial charge >= 0.3 is 0 Å². The highest BCUT2D eigenvalue weighted by Gasteiger charge is 2.44. The van der Waals surface area contributed by atoms with E-state index in [4.69, 9.17) is 5.73 Å². The third-order valence-electron chi connectivity index (χ3n) is 4.41. The van der Waals surface area contributed by atoms with Crippen LogP contribution in [0.4, 0.5) is 0 Å². The van der Waals surface area contributed by atoms with Crippen molar-refractivity contribution >= 4 is 5.91 Å². The molecule has 0 bridgehead atoms. The Kier molecular flexibility index (Phi) is 3.95. The van der Waals surface area contributed by atoms with Gasteiger partial charge in [-0.15, -0.1) is 0 Å². The molecule has 1 aromatic rings. The lowest BCUT2D eigenvalue weighted by Gasteiger charge is -2.41. The zero-order chi connectivity index (χ0) is 14.0. The lowest BCUT2D eigenvalue weighted by Crippen LogP contribution is -2.50. The zero-order valence-corrected chi connectivity index (χ0v) is 12.2. The lowest BCUT2D eigenvalue weighted by atomic mass is 9.68. The Morgan fingerprint density at radius 2 is 2.05 bits per heavy atom. The molecule has 0 heterocycles. The summed E-state index contributed by atoms with van der Waals surface area (Å²) in [7, 11) is 1.89. The van der Waals surface area contributed by atoms with Crippen molar-refractivity contribution in [3.05, 3.63) is 34.9 Å². The number of rotatable bonds is 4. The highest BCUT2D eigenvalue weighted by molar-refractivity contribution is 5.83. The number of carbonyl (C=O) groups is 1. The number of benzene rings is 1. The predicted molar refractivity (Wildman–Crippen MR) is 77.7 cm³/mol. The van der Waals surface area contributed by atoms with Gasteiger partial charge in [-0.05, 0) is 37.8 Å². The molecule has 1 aromatic carbocycles. The molecule has 0 spiro atoms. The molecule has 0 aromatic heterocycles. The molecule has 3 heteroatoms. The summed E-state index contributed by atoms with van der Waals surface area (Å²) < 4.78 is 0. The molecular formula is C16H24N2O. The smallest absolute Gasteiger partial charge is 0.230 e. The number of hydrogen-bond acceptors (Lipinski definition) is 2. The average molecular weight is 260 g/mol. The maximum atomic E-state index is 12.5. The van der Waals surface area contributed by atoms with Gasteiger partial charge in [0.1, 0.15) is 0 Å². The van der Waals surface area contributed by atoms with Gasteiger partial charge < -0.3 is 10.6 Å². The molecular weight excluding hydrogens is 236 g/mol. The Labute approximate surface area is 115 Å². The second-order valence-corrected chi connectivity index (χ2v) is 5.93. The Bertz CT molecular complexity index is 472. The van der Waals surface area contributed by atoms with Crippen LogP contribution in [-0.4, -0.2) is 24.4 Å². The summed E-state index contributed by atoms with van der Waals surface area (Å²) in [6.07, 6.45) is 3.01. The number of nitrogens with zero attached hydrogens (tertiary/aromatic N) is 1. The molecule has 2 rings (SSSR count). The largest absolute Gasteiger partial charge is 0.341 e. The Hall–Kier alpha value is -1.35. The monoisotopic (exact) mass is 260 g/mol. The molecule has 1 fully saturated rings. The van der Waals surface area contributed by atoms with Gasteiger partial charge in [0, 0.05) is 20.1 Å². The first-order valence-electron chi connectivity index (χ1n) is 7.00. The summed E-state index contributed by atoms with van der Waals surface area (Å²) in [5.74, 6) is 0.209. The molecule has 0 unspecified atom stereocenters. The highest BCUT2D eigenvalue weighted by Crippen LogP contribution is 2.41. The van der Waals surface area contributed by atoms with Gasteiger partial charge in [0.15, 0.2) is 0 Å². The fourth-order valence-electron chi connectivity index (χ4n) is 2.86. The van der Waals surface area contributed by atoms with Gasteiger partial charge in [-0.2, -0.15) is 0 Å². The van der Waals surface area contributed by atoms with Crippen LogP contribution in [-0.2, 0) is 11.3 Å². The molecule has 1 aliphatic rings. The van der Waals surface area contributed by atoms with Crippen molar-refractivity contribution in [3.8, 4) is 0 Å². The zero-order valence-electron chi connectivity index (χ0n) is 12.2.